The summed E-state index contributed by atoms with van der Waals surface area (Å²) in [6.07, 6.45) is 4.15. The number of nitrogens with zero attached hydrogens (tertiary/aromatic N) is 3. The number of aromatic amines is 1. The maximum Gasteiger partial charge on any atom is 0.270 e. The van der Waals surface area contributed by atoms with E-state index >= 15 is 0 Å². The van der Waals surface area contributed by atoms with Gasteiger partial charge < -0.3 is 15.2 Å². The largest absolute Gasteiger partial charge is 0.356 e. The lowest BCUT2D eigenvalue weighted by Crippen LogP contribution is -2.43. The molecule has 1 fully saturated rings. The fourth-order valence-corrected chi connectivity index (χ4v) is 3.60. The Kier molecular flexibility index (Phi) is 4.37. The van der Waals surface area contributed by atoms with Crippen LogP contribution >= 0.6 is 11.3 Å². The van der Waals surface area contributed by atoms with Gasteiger partial charge in [0.05, 0.1) is 12.2 Å². The van der Waals surface area contributed by atoms with E-state index in [9.17, 15) is 9.59 Å². The highest BCUT2D eigenvalue weighted by Crippen LogP contribution is 2.29. The number of aromatic nitrogens is 3. The summed E-state index contributed by atoms with van der Waals surface area (Å²) in [6.45, 7) is 4.26. The maximum atomic E-state index is 12.1. The molecule has 0 spiro atoms. The first-order valence-electron chi connectivity index (χ1n) is 7.56. The second-order valence-electron chi connectivity index (χ2n) is 5.46. The number of hydrogen-bond acceptors (Lipinski definition) is 6. The van der Waals surface area contributed by atoms with E-state index in [1.165, 1.54) is 17.7 Å². The fourth-order valence-electron chi connectivity index (χ4n) is 2.65. The number of nitrogens with one attached hydrogen (secondary N) is 2. The predicted molar refractivity (Wildman–Crippen MR) is 86.3 cm³/mol. The summed E-state index contributed by atoms with van der Waals surface area (Å²) in [7, 11) is 0. The van der Waals surface area contributed by atoms with E-state index in [0.29, 0.717) is 16.9 Å². The minimum absolute atomic E-state index is 0.0152. The molecule has 0 saturated carbocycles. The van der Waals surface area contributed by atoms with Crippen molar-refractivity contribution >= 4 is 32.7 Å². The highest BCUT2D eigenvalue weighted by molar-refractivity contribution is 7.22. The Labute approximate surface area is 131 Å². The molecule has 3 rings (SSSR count). The Morgan fingerprint density at radius 2 is 2.45 bits per heavy atom. The number of rotatable bonds is 4. The first kappa shape index (κ1) is 15.0. The van der Waals surface area contributed by atoms with Gasteiger partial charge in [-0.1, -0.05) is 18.3 Å². The van der Waals surface area contributed by atoms with Gasteiger partial charge >= 0.3 is 0 Å². The van der Waals surface area contributed by atoms with E-state index in [2.05, 4.69) is 25.2 Å². The van der Waals surface area contributed by atoms with Gasteiger partial charge in [-0.25, -0.2) is 4.98 Å². The first-order valence-corrected chi connectivity index (χ1v) is 8.37. The third-order valence-electron chi connectivity index (χ3n) is 3.80. The lowest BCUT2D eigenvalue weighted by molar-refractivity contribution is -0.125. The topological polar surface area (TPSA) is 91.0 Å². The normalized spacial score (nSPS) is 18.6. The highest BCUT2D eigenvalue weighted by Gasteiger charge is 2.27. The van der Waals surface area contributed by atoms with Crippen LogP contribution in [0.3, 0.4) is 0 Å². The van der Waals surface area contributed by atoms with Gasteiger partial charge in [0.1, 0.15) is 4.70 Å². The SMILES string of the molecule is CCCNC(=O)[C@H]1CCCN(c2nc3nc[nH]c(=O)c3s2)C1. The zero-order valence-electron chi connectivity index (χ0n) is 12.5. The Hall–Kier alpha value is -1.96. The molecule has 0 aromatic carbocycles. The van der Waals surface area contributed by atoms with Crippen molar-refractivity contribution in [2.45, 2.75) is 26.2 Å². The number of anilines is 1. The summed E-state index contributed by atoms with van der Waals surface area (Å²) in [4.78, 5) is 37.1. The van der Waals surface area contributed by atoms with E-state index in [4.69, 9.17) is 0 Å². The number of carbonyl (C=O) groups is 1. The summed E-state index contributed by atoms with van der Waals surface area (Å²) in [5.74, 6) is 0.0992. The van der Waals surface area contributed by atoms with Gasteiger partial charge in [0.2, 0.25) is 5.91 Å². The lowest BCUT2D eigenvalue weighted by atomic mass is 9.97. The lowest BCUT2D eigenvalue weighted by Gasteiger charge is -2.31. The smallest absolute Gasteiger partial charge is 0.270 e. The quantitative estimate of drug-likeness (QED) is 0.880. The molecular weight excluding hydrogens is 302 g/mol. The van der Waals surface area contributed by atoms with Gasteiger partial charge in [0, 0.05) is 19.6 Å². The fraction of sp³-hybridized carbons (Fsp3) is 0.571. The van der Waals surface area contributed by atoms with Crippen molar-refractivity contribution in [2.24, 2.45) is 5.92 Å². The molecule has 8 heteroatoms. The molecule has 0 bridgehead atoms. The number of fused-ring (bicyclic) bond motifs is 1. The number of amides is 1. The number of hydrogen-bond donors (Lipinski definition) is 2. The molecule has 0 aliphatic carbocycles. The molecule has 1 saturated heterocycles. The molecule has 7 nitrogen and oxygen atoms in total. The van der Waals surface area contributed by atoms with Gasteiger partial charge in [-0.05, 0) is 19.3 Å². The van der Waals surface area contributed by atoms with Gasteiger partial charge in [-0.15, -0.1) is 0 Å². The van der Waals surface area contributed by atoms with Crippen molar-refractivity contribution in [1.82, 2.24) is 20.3 Å². The molecule has 2 aromatic rings. The summed E-state index contributed by atoms with van der Waals surface area (Å²) < 4.78 is 0.537. The van der Waals surface area contributed by atoms with Crippen molar-refractivity contribution in [3.05, 3.63) is 16.7 Å². The van der Waals surface area contributed by atoms with Crippen molar-refractivity contribution in [1.29, 1.82) is 0 Å². The van der Waals surface area contributed by atoms with Crippen molar-refractivity contribution in [3.63, 3.8) is 0 Å². The number of piperidine rings is 1. The number of H-pyrrole nitrogens is 1. The van der Waals surface area contributed by atoms with Gasteiger partial charge in [0.15, 0.2) is 10.8 Å². The predicted octanol–water partition coefficient (Wildman–Crippen LogP) is 1.12. The Morgan fingerprint density at radius 3 is 3.23 bits per heavy atom. The molecule has 2 N–H and O–H groups in total. The third kappa shape index (κ3) is 2.96. The van der Waals surface area contributed by atoms with Crippen LogP contribution in [0.25, 0.3) is 10.3 Å². The van der Waals surface area contributed by atoms with Crippen molar-refractivity contribution in [2.75, 3.05) is 24.5 Å². The molecule has 3 heterocycles. The molecule has 1 amide bonds. The van der Waals surface area contributed by atoms with E-state index in [1.54, 1.807) is 0 Å². The molecule has 1 aliphatic rings. The summed E-state index contributed by atoms with van der Waals surface area (Å²) in [6, 6.07) is 0. The Morgan fingerprint density at radius 1 is 1.59 bits per heavy atom. The minimum atomic E-state index is -0.164. The molecule has 1 aliphatic heterocycles. The molecule has 0 unspecified atom stereocenters. The molecular formula is C14H19N5O2S. The van der Waals surface area contributed by atoms with Gasteiger partial charge in [-0.3, -0.25) is 9.59 Å². The van der Waals surface area contributed by atoms with Crippen LogP contribution < -0.4 is 15.8 Å². The molecule has 1 atom stereocenters. The van der Waals surface area contributed by atoms with E-state index < -0.39 is 0 Å². The van der Waals surface area contributed by atoms with Gasteiger partial charge in [0.25, 0.3) is 5.56 Å². The summed E-state index contributed by atoms with van der Waals surface area (Å²) in [5.41, 5.74) is 0.310. The van der Waals surface area contributed by atoms with Crippen LogP contribution in [-0.4, -0.2) is 40.5 Å². The molecule has 2 aromatic heterocycles. The average molecular weight is 321 g/mol. The van der Waals surface area contributed by atoms with Crippen molar-refractivity contribution in [3.8, 4) is 0 Å². The molecule has 22 heavy (non-hydrogen) atoms. The van der Waals surface area contributed by atoms with Crippen LogP contribution in [0.5, 0.6) is 0 Å². The maximum absolute atomic E-state index is 12.1. The Balaban J connectivity index is 1.77. The van der Waals surface area contributed by atoms with Gasteiger partial charge in [-0.2, -0.15) is 4.98 Å². The number of carbonyl (C=O) groups excluding carboxylic acids is 1. The van der Waals surface area contributed by atoms with Crippen LogP contribution in [0.15, 0.2) is 11.1 Å². The number of thiazole rings is 1. The van der Waals surface area contributed by atoms with Crippen molar-refractivity contribution < 1.29 is 4.79 Å². The monoisotopic (exact) mass is 321 g/mol. The third-order valence-corrected chi connectivity index (χ3v) is 4.90. The second-order valence-corrected chi connectivity index (χ2v) is 6.43. The first-order chi connectivity index (χ1) is 10.7. The standard InChI is InChI=1S/C14H19N5O2S/c1-2-5-15-12(20)9-4-3-6-19(7-9)14-18-11-10(22-14)13(21)17-8-16-11/h8-9H,2-7H2,1H3,(H,15,20)(H,16,17,21)/t9-/m0/s1. The van der Waals surface area contributed by atoms with E-state index in [-0.39, 0.29) is 17.4 Å². The van der Waals surface area contributed by atoms with E-state index in [1.807, 2.05) is 6.92 Å². The van der Waals surface area contributed by atoms with Crippen LogP contribution in [0.2, 0.25) is 0 Å². The average Bonchev–Trinajstić information content (AvgIpc) is 2.98. The highest BCUT2D eigenvalue weighted by atomic mass is 32.1. The van der Waals surface area contributed by atoms with Crippen LogP contribution in [0, 0.1) is 5.92 Å². The zero-order valence-corrected chi connectivity index (χ0v) is 13.3. The zero-order chi connectivity index (χ0) is 15.5. The summed E-state index contributed by atoms with van der Waals surface area (Å²) >= 11 is 1.34. The second kappa shape index (κ2) is 6.43. The van der Waals surface area contributed by atoms with Crippen LogP contribution in [0.4, 0.5) is 5.13 Å². The molecule has 0 radical (unpaired) electrons. The minimum Gasteiger partial charge on any atom is -0.356 e. The van der Waals surface area contributed by atoms with Crippen LogP contribution in [0.1, 0.15) is 26.2 Å². The van der Waals surface area contributed by atoms with Crippen LogP contribution in [-0.2, 0) is 4.79 Å². The van der Waals surface area contributed by atoms with E-state index in [0.717, 1.165) is 37.5 Å². The Bertz CT molecular complexity index is 725. The molecule has 118 valence electrons. The summed E-state index contributed by atoms with van der Waals surface area (Å²) in [5, 5.41) is 3.73.